The van der Waals surface area contributed by atoms with Crippen LogP contribution in [-0.2, 0) is 11.2 Å². The minimum absolute atomic E-state index is 0.219. The number of halogens is 2. The maximum atomic E-state index is 13.5. The van der Waals surface area contributed by atoms with Crippen LogP contribution >= 0.6 is 0 Å². The summed E-state index contributed by atoms with van der Waals surface area (Å²) in [7, 11) is 0. The Morgan fingerprint density at radius 2 is 2.31 bits per heavy atom. The Kier molecular flexibility index (Phi) is 4.52. The van der Waals surface area contributed by atoms with E-state index < -0.39 is 5.92 Å². The summed E-state index contributed by atoms with van der Waals surface area (Å²) in [6.45, 7) is 1.65. The highest BCUT2D eigenvalue weighted by Gasteiger charge is 2.29. The minimum Gasteiger partial charge on any atom is -0.303 e. The number of hydrogen-bond acceptors (Lipinski definition) is 2. The zero-order valence-electron chi connectivity index (χ0n) is 9.20. The van der Waals surface area contributed by atoms with Crippen LogP contribution < -0.4 is 0 Å². The molecule has 16 heavy (non-hydrogen) atoms. The number of alkyl halides is 2. The van der Waals surface area contributed by atoms with E-state index in [0.717, 1.165) is 0 Å². The van der Waals surface area contributed by atoms with Crippen LogP contribution in [0.2, 0.25) is 0 Å². The summed E-state index contributed by atoms with van der Waals surface area (Å²) in [4.78, 5) is 14.1. The third-order valence-corrected chi connectivity index (χ3v) is 2.38. The molecular weight excluding hydrogens is 212 g/mol. The SMILES string of the molecule is C[C@H](C=O)CCC(F)(F)Cc1cccnc1. The molecular formula is C12H15F2NO. The molecule has 4 heteroatoms. The summed E-state index contributed by atoms with van der Waals surface area (Å²) in [6.07, 6.45) is 3.35. The van der Waals surface area contributed by atoms with Crippen molar-refractivity contribution in [3.8, 4) is 0 Å². The van der Waals surface area contributed by atoms with Crippen LogP contribution in [0.5, 0.6) is 0 Å². The van der Waals surface area contributed by atoms with Crippen molar-refractivity contribution < 1.29 is 13.6 Å². The van der Waals surface area contributed by atoms with Gasteiger partial charge in [0.05, 0.1) is 0 Å². The number of hydrogen-bond donors (Lipinski definition) is 0. The molecule has 0 N–H and O–H groups in total. The van der Waals surface area contributed by atoms with Gasteiger partial charge in [0.1, 0.15) is 6.29 Å². The lowest BCUT2D eigenvalue weighted by Crippen LogP contribution is -2.20. The van der Waals surface area contributed by atoms with Crippen LogP contribution in [0.25, 0.3) is 0 Å². The predicted octanol–water partition coefficient (Wildman–Crippen LogP) is 2.87. The lowest BCUT2D eigenvalue weighted by atomic mass is 9.99. The molecule has 0 aliphatic rings. The van der Waals surface area contributed by atoms with Gasteiger partial charge in [0.25, 0.3) is 5.92 Å². The second kappa shape index (κ2) is 5.68. The Labute approximate surface area is 93.7 Å². The molecule has 0 amide bonds. The molecule has 0 radical (unpaired) electrons. The van der Waals surface area contributed by atoms with Gasteiger partial charge in [-0.15, -0.1) is 0 Å². The summed E-state index contributed by atoms with van der Waals surface area (Å²) in [5.74, 6) is -3.07. The molecule has 1 aromatic heterocycles. The fourth-order valence-electron chi connectivity index (χ4n) is 1.40. The van der Waals surface area contributed by atoms with Crippen LogP contribution in [-0.4, -0.2) is 17.2 Å². The van der Waals surface area contributed by atoms with E-state index in [1.54, 1.807) is 25.3 Å². The standard InChI is InChI=1S/C12H15F2NO/c1-10(9-16)4-5-12(13,14)7-11-3-2-6-15-8-11/h2-3,6,8-10H,4-5,7H2,1H3/t10-/m0/s1. The van der Waals surface area contributed by atoms with Crippen LogP contribution in [0.1, 0.15) is 25.3 Å². The highest BCUT2D eigenvalue weighted by molar-refractivity contribution is 5.52. The fraction of sp³-hybridized carbons (Fsp3) is 0.500. The highest BCUT2D eigenvalue weighted by Crippen LogP contribution is 2.26. The first-order valence-electron chi connectivity index (χ1n) is 5.25. The van der Waals surface area contributed by atoms with Gasteiger partial charge in [-0.2, -0.15) is 0 Å². The average molecular weight is 227 g/mol. The van der Waals surface area contributed by atoms with E-state index in [0.29, 0.717) is 11.8 Å². The first kappa shape index (κ1) is 12.7. The topological polar surface area (TPSA) is 30.0 Å². The van der Waals surface area contributed by atoms with E-state index in [1.807, 2.05) is 0 Å². The number of aldehydes is 1. The van der Waals surface area contributed by atoms with Crippen molar-refractivity contribution in [3.05, 3.63) is 30.1 Å². The summed E-state index contributed by atoms with van der Waals surface area (Å²) >= 11 is 0. The number of rotatable bonds is 6. The van der Waals surface area contributed by atoms with Gasteiger partial charge in [0.2, 0.25) is 0 Å². The van der Waals surface area contributed by atoms with E-state index in [2.05, 4.69) is 4.98 Å². The molecule has 0 aliphatic heterocycles. The van der Waals surface area contributed by atoms with E-state index in [1.165, 1.54) is 6.20 Å². The van der Waals surface area contributed by atoms with Crippen molar-refractivity contribution in [3.63, 3.8) is 0 Å². The van der Waals surface area contributed by atoms with Gasteiger partial charge in [-0.1, -0.05) is 13.0 Å². The van der Waals surface area contributed by atoms with Gasteiger partial charge in [-0.05, 0) is 18.1 Å². The smallest absolute Gasteiger partial charge is 0.252 e. The van der Waals surface area contributed by atoms with Crippen molar-refractivity contribution in [2.75, 3.05) is 0 Å². The fourth-order valence-corrected chi connectivity index (χ4v) is 1.40. The van der Waals surface area contributed by atoms with Crippen LogP contribution in [0.3, 0.4) is 0 Å². The Bertz CT molecular complexity index is 327. The zero-order chi connectivity index (χ0) is 12.0. The predicted molar refractivity (Wildman–Crippen MR) is 57.4 cm³/mol. The molecule has 0 aromatic carbocycles. The number of carbonyl (C=O) groups excluding carboxylic acids is 1. The average Bonchev–Trinajstić information content (AvgIpc) is 2.27. The minimum atomic E-state index is -2.76. The summed E-state index contributed by atoms with van der Waals surface area (Å²) in [6, 6.07) is 3.27. The molecule has 1 atom stereocenters. The zero-order valence-corrected chi connectivity index (χ0v) is 9.20. The van der Waals surface area contributed by atoms with Gasteiger partial charge in [-0.3, -0.25) is 4.98 Å². The summed E-state index contributed by atoms with van der Waals surface area (Å²) in [5.41, 5.74) is 0.520. The molecule has 0 saturated carbocycles. The molecule has 0 bridgehead atoms. The summed E-state index contributed by atoms with van der Waals surface area (Å²) in [5, 5.41) is 0. The highest BCUT2D eigenvalue weighted by atomic mass is 19.3. The first-order valence-corrected chi connectivity index (χ1v) is 5.25. The monoisotopic (exact) mass is 227 g/mol. The van der Waals surface area contributed by atoms with Crippen molar-refractivity contribution in [2.24, 2.45) is 5.92 Å². The molecule has 0 aliphatic carbocycles. The van der Waals surface area contributed by atoms with E-state index in [-0.39, 0.29) is 25.2 Å². The van der Waals surface area contributed by atoms with Crippen LogP contribution in [0.15, 0.2) is 24.5 Å². The molecule has 0 spiro atoms. The quantitative estimate of drug-likeness (QED) is 0.699. The van der Waals surface area contributed by atoms with Gasteiger partial charge in [-0.25, -0.2) is 8.78 Å². The van der Waals surface area contributed by atoms with Gasteiger partial charge < -0.3 is 4.79 Å². The second-order valence-corrected chi connectivity index (χ2v) is 4.05. The van der Waals surface area contributed by atoms with Crippen LogP contribution in [0.4, 0.5) is 8.78 Å². The normalized spacial score (nSPS) is 13.4. The largest absolute Gasteiger partial charge is 0.303 e. The van der Waals surface area contributed by atoms with Crippen molar-refractivity contribution in [1.82, 2.24) is 4.98 Å². The third kappa shape index (κ3) is 4.47. The molecule has 0 saturated heterocycles. The van der Waals surface area contributed by atoms with Crippen molar-refractivity contribution in [1.29, 1.82) is 0 Å². The number of pyridine rings is 1. The van der Waals surface area contributed by atoms with E-state index >= 15 is 0 Å². The molecule has 1 aromatic rings. The molecule has 0 unspecified atom stereocenters. The lowest BCUT2D eigenvalue weighted by Gasteiger charge is -2.16. The second-order valence-electron chi connectivity index (χ2n) is 4.05. The third-order valence-electron chi connectivity index (χ3n) is 2.38. The Morgan fingerprint density at radius 1 is 1.56 bits per heavy atom. The number of carbonyl (C=O) groups is 1. The van der Waals surface area contributed by atoms with Crippen molar-refractivity contribution >= 4 is 6.29 Å². The van der Waals surface area contributed by atoms with Gasteiger partial charge >= 0.3 is 0 Å². The van der Waals surface area contributed by atoms with Crippen LogP contribution in [0, 0.1) is 5.92 Å². The Morgan fingerprint density at radius 3 is 2.88 bits per heavy atom. The molecule has 1 rings (SSSR count). The molecule has 2 nitrogen and oxygen atoms in total. The number of aromatic nitrogens is 1. The molecule has 0 fully saturated rings. The lowest BCUT2D eigenvalue weighted by molar-refractivity contribution is -0.111. The van der Waals surface area contributed by atoms with Crippen molar-refractivity contribution in [2.45, 2.75) is 32.1 Å². The summed E-state index contributed by atoms with van der Waals surface area (Å²) < 4.78 is 26.9. The Hall–Kier alpha value is -1.32. The van der Waals surface area contributed by atoms with Gasteiger partial charge in [0.15, 0.2) is 0 Å². The first-order chi connectivity index (χ1) is 7.53. The maximum absolute atomic E-state index is 13.5. The van der Waals surface area contributed by atoms with E-state index in [4.69, 9.17) is 0 Å². The van der Waals surface area contributed by atoms with E-state index in [9.17, 15) is 13.6 Å². The number of nitrogens with zero attached hydrogens (tertiary/aromatic N) is 1. The molecule has 1 heterocycles. The maximum Gasteiger partial charge on any atom is 0.252 e. The van der Waals surface area contributed by atoms with Gasteiger partial charge in [0, 0.05) is 31.2 Å². The molecule has 88 valence electrons. The Balaban J connectivity index is 2.48.